The molecule has 0 saturated heterocycles. The number of halogens is 1. The molecule has 9 heteroatoms. The summed E-state index contributed by atoms with van der Waals surface area (Å²) in [5.74, 6) is -0.555. The van der Waals surface area contributed by atoms with E-state index in [1.807, 2.05) is 0 Å². The molecule has 0 fully saturated rings. The number of thiazole rings is 1. The molecule has 142 valence electrons. The lowest BCUT2D eigenvalue weighted by atomic mass is 10.0. The van der Waals surface area contributed by atoms with Crippen LogP contribution in [0.3, 0.4) is 0 Å². The fraction of sp³-hybridized carbons (Fsp3) is 0.105. The zero-order valence-corrected chi connectivity index (χ0v) is 16.1. The summed E-state index contributed by atoms with van der Waals surface area (Å²) in [6.45, 7) is 0.264. The van der Waals surface area contributed by atoms with Crippen LogP contribution in [0.1, 0.15) is 16.2 Å². The highest BCUT2D eigenvalue weighted by molar-refractivity contribution is 7.73. The van der Waals surface area contributed by atoms with Gasteiger partial charge in [-0.2, -0.15) is 0 Å². The highest BCUT2D eigenvalue weighted by atomic mass is 32.1. The maximum absolute atomic E-state index is 13.8. The van der Waals surface area contributed by atoms with Gasteiger partial charge in [-0.3, -0.25) is 4.57 Å². The van der Waals surface area contributed by atoms with Gasteiger partial charge in [-0.25, -0.2) is 14.2 Å². The molecular formula is C19H13FN2O4S2. The Kier molecular flexibility index (Phi) is 4.70. The van der Waals surface area contributed by atoms with Crippen molar-refractivity contribution in [1.29, 1.82) is 0 Å². The van der Waals surface area contributed by atoms with E-state index in [9.17, 15) is 14.3 Å². The molecule has 0 bridgehead atoms. The van der Waals surface area contributed by atoms with Crippen LogP contribution >= 0.6 is 23.6 Å². The standard InChI is InChI=1S/C19H13FN2O4S2/c1-25-18(24)16-13(12-7-10(20)4-5-14(12)21-16)8-15-17(23)22(19(27)28-15)9-11-3-2-6-26-11/h2-8,23H,9H2,1H3/b13-8+. The number of hydrogen-bond acceptors (Lipinski definition) is 7. The lowest BCUT2D eigenvalue weighted by Crippen LogP contribution is -2.14. The average molecular weight is 416 g/mol. The first-order valence-electron chi connectivity index (χ1n) is 8.12. The van der Waals surface area contributed by atoms with Crippen molar-refractivity contribution in [2.75, 3.05) is 7.11 Å². The Labute approximate surface area is 167 Å². The van der Waals surface area contributed by atoms with Gasteiger partial charge in [0.25, 0.3) is 0 Å². The molecule has 0 aliphatic carbocycles. The number of ether oxygens (including phenoxy) is 1. The minimum atomic E-state index is -0.652. The van der Waals surface area contributed by atoms with Crippen LogP contribution in [-0.4, -0.2) is 28.5 Å². The van der Waals surface area contributed by atoms with Gasteiger partial charge in [-0.1, -0.05) is 0 Å². The Morgan fingerprint density at radius 2 is 2.29 bits per heavy atom. The molecule has 6 nitrogen and oxygen atoms in total. The van der Waals surface area contributed by atoms with E-state index in [0.29, 0.717) is 31.4 Å². The molecule has 28 heavy (non-hydrogen) atoms. The number of rotatable bonds is 4. The van der Waals surface area contributed by atoms with E-state index >= 15 is 0 Å². The van der Waals surface area contributed by atoms with Crippen LogP contribution in [0, 0.1) is 9.77 Å². The summed E-state index contributed by atoms with van der Waals surface area (Å²) >= 11 is 6.50. The summed E-state index contributed by atoms with van der Waals surface area (Å²) in [4.78, 5) is 16.8. The number of benzene rings is 1. The monoisotopic (exact) mass is 416 g/mol. The van der Waals surface area contributed by atoms with E-state index in [-0.39, 0.29) is 18.1 Å². The molecule has 3 heterocycles. The van der Waals surface area contributed by atoms with E-state index in [1.165, 1.54) is 36.1 Å². The molecule has 0 unspecified atom stereocenters. The van der Waals surface area contributed by atoms with Crippen LogP contribution < -0.4 is 0 Å². The first-order valence-corrected chi connectivity index (χ1v) is 9.34. The fourth-order valence-electron chi connectivity index (χ4n) is 2.87. The predicted octanol–water partition coefficient (Wildman–Crippen LogP) is 4.56. The molecule has 0 atom stereocenters. The number of carbonyl (C=O) groups is 1. The van der Waals surface area contributed by atoms with E-state index in [0.717, 1.165) is 11.3 Å². The lowest BCUT2D eigenvalue weighted by molar-refractivity contribution is -0.132. The third kappa shape index (κ3) is 3.19. The van der Waals surface area contributed by atoms with Crippen LogP contribution in [0.15, 0.2) is 46.0 Å². The van der Waals surface area contributed by atoms with Gasteiger partial charge in [-0.15, -0.1) is 11.3 Å². The zero-order valence-electron chi connectivity index (χ0n) is 14.5. The van der Waals surface area contributed by atoms with Crippen LogP contribution in [0.25, 0.3) is 11.6 Å². The number of aliphatic imine (C=N–C) groups is 1. The fourth-order valence-corrected chi connectivity index (χ4v) is 4.11. The van der Waals surface area contributed by atoms with E-state index in [1.54, 1.807) is 18.2 Å². The number of carbonyl (C=O) groups excluding carboxylic acids is 1. The Morgan fingerprint density at radius 1 is 1.46 bits per heavy atom. The Balaban J connectivity index is 1.81. The average Bonchev–Trinajstić information content (AvgIpc) is 3.37. The van der Waals surface area contributed by atoms with Crippen molar-refractivity contribution in [3.63, 3.8) is 0 Å². The molecule has 1 aliphatic rings. The highest BCUT2D eigenvalue weighted by Gasteiger charge is 2.28. The number of nitrogens with zero attached hydrogens (tertiary/aromatic N) is 2. The van der Waals surface area contributed by atoms with Crippen molar-refractivity contribution in [3.8, 4) is 5.88 Å². The topological polar surface area (TPSA) is 77.0 Å². The van der Waals surface area contributed by atoms with Gasteiger partial charge in [0.1, 0.15) is 11.6 Å². The quantitative estimate of drug-likeness (QED) is 0.498. The Hall–Kier alpha value is -3.04. The van der Waals surface area contributed by atoms with Gasteiger partial charge >= 0.3 is 5.97 Å². The van der Waals surface area contributed by atoms with Crippen molar-refractivity contribution in [1.82, 2.24) is 4.57 Å². The third-order valence-electron chi connectivity index (χ3n) is 4.18. The molecular weight excluding hydrogens is 403 g/mol. The van der Waals surface area contributed by atoms with Gasteiger partial charge < -0.3 is 14.3 Å². The van der Waals surface area contributed by atoms with Crippen molar-refractivity contribution in [2.24, 2.45) is 4.99 Å². The molecule has 0 spiro atoms. The molecule has 1 aliphatic heterocycles. The molecule has 1 N–H and O–H groups in total. The molecule has 4 rings (SSSR count). The number of aromatic hydroxyl groups is 1. The predicted molar refractivity (Wildman–Crippen MR) is 106 cm³/mol. The van der Waals surface area contributed by atoms with Crippen LogP contribution in [-0.2, 0) is 16.1 Å². The van der Waals surface area contributed by atoms with Gasteiger partial charge in [0.05, 0.1) is 30.5 Å². The van der Waals surface area contributed by atoms with Crippen molar-refractivity contribution < 1.29 is 23.4 Å². The lowest BCUT2D eigenvalue weighted by Gasteiger charge is -2.05. The second-order valence-electron chi connectivity index (χ2n) is 5.89. The van der Waals surface area contributed by atoms with Crippen molar-refractivity contribution in [2.45, 2.75) is 6.54 Å². The largest absolute Gasteiger partial charge is 0.493 e. The number of methoxy groups -OCH3 is 1. The van der Waals surface area contributed by atoms with Crippen LogP contribution in [0.2, 0.25) is 0 Å². The van der Waals surface area contributed by atoms with Gasteiger partial charge in [-0.05, 0) is 48.6 Å². The smallest absolute Gasteiger partial charge is 0.357 e. The van der Waals surface area contributed by atoms with Gasteiger partial charge in [0, 0.05) is 11.1 Å². The van der Waals surface area contributed by atoms with E-state index in [2.05, 4.69) is 4.99 Å². The minimum absolute atomic E-state index is 0.0411. The number of aromatic nitrogens is 1. The van der Waals surface area contributed by atoms with Crippen molar-refractivity contribution in [3.05, 3.63) is 62.6 Å². The Bertz CT molecular complexity index is 1190. The van der Waals surface area contributed by atoms with Crippen LogP contribution in [0.5, 0.6) is 5.88 Å². The Morgan fingerprint density at radius 3 is 3.00 bits per heavy atom. The molecule has 3 aromatic rings. The second-order valence-corrected chi connectivity index (χ2v) is 7.57. The van der Waals surface area contributed by atoms with Gasteiger partial charge in [0.15, 0.2) is 9.67 Å². The molecule has 1 aromatic carbocycles. The van der Waals surface area contributed by atoms with Gasteiger partial charge in [0.2, 0.25) is 5.88 Å². The maximum Gasteiger partial charge on any atom is 0.357 e. The van der Waals surface area contributed by atoms with E-state index in [4.69, 9.17) is 21.4 Å². The zero-order chi connectivity index (χ0) is 19.8. The number of hydrogen-bond donors (Lipinski definition) is 1. The minimum Gasteiger partial charge on any atom is -0.493 e. The maximum atomic E-state index is 13.8. The number of furan rings is 1. The first kappa shape index (κ1) is 18.3. The summed E-state index contributed by atoms with van der Waals surface area (Å²) in [6.07, 6.45) is 3.10. The summed E-state index contributed by atoms with van der Waals surface area (Å²) in [5.41, 5.74) is 1.29. The molecule has 0 saturated carbocycles. The molecule has 0 amide bonds. The normalized spacial score (nSPS) is 14.2. The second kappa shape index (κ2) is 7.17. The highest BCUT2D eigenvalue weighted by Crippen LogP contribution is 2.39. The molecule has 0 radical (unpaired) electrons. The van der Waals surface area contributed by atoms with Crippen LogP contribution in [0.4, 0.5) is 10.1 Å². The first-order chi connectivity index (χ1) is 13.5. The third-order valence-corrected chi connectivity index (χ3v) is 5.56. The summed E-state index contributed by atoms with van der Waals surface area (Å²) in [7, 11) is 1.24. The number of esters is 1. The number of fused-ring (bicyclic) bond motifs is 1. The van der Waals surface area contributed by atoms with E-state index < -0.39 is 11.8 Å². The summed E-state index contributed by atoms with van der Waals surface area (Å²) in [6, 6.07) is 7.56. The SMILES string of the molecule is COC(=O)C1=Nc2ccc(F)cc2/C1=C\c1sc(=S)n(Cc2ccco2)c1O. The summed E-state index contributed by atoms with van der Waals surface area (Å²) < 4.78 is 25.8. The summed E-state index contributed by atoms with van der Waals surface area (Å²) in [5, 5.41) is 10.6. The molecule has 2 aromatic heterocycles. The van der Waals surface area contributed by atoms with Crippen molar-refractivity contribution >= 4 is 52.6 Å².